The number of fused-ring (bicyclic) bond motifs is 1. The summed E-state index contributed by atoms with van der Waals surface area (Å²) in [4.78, 5) is 14.4. The van der Waals surface area contributed by atoms with E-state index in [0.29, 0.717) is 18.2 Å². The van der Waals surface area contributed by atoms with E-state index in [1.807, 2.05) is 19.1 Å². The molecule has 1 aromatic carbocycles. The van der Waals surface area contributed by atoms with Crippen LogP contribution in [0.3, 0.4) is 0 Å². The molecule has 2 aliphatic heterocycles. The maximum absolute atomic E-state index is 11.8. The Labute approximate surface area is 126 Å². The second-order valence-electron chi connectivity index (χ2n) is 5.77. The number of hydrogen-bond donors (Lipinski definition) is 0. The predicted octanol–water partition coefficient (Wildman–Crippen LogP) is 2.40. The van der Waals surface area contributed by atoms with Crippen molar-refractivity contribution in [3.63, 3.8) is 0 Å². The van der Waals surface area contributed by atoms with E-state index in [1.165, 1.54) is 11.1 Å². The third-order valence-electron chi connectivity index (χ3n) is 4.47. The van der Waals surface area contributed by atoms with E-state index in [2.05, 4.69) is 11.0 Å². The summed E-state index contributed by atoms with van der Waals surface area (Å²) in [6.07, 6.45) is 3.28. The molecule has 114 valence electrons. The fraction of sp³-hybridized carbons (Fsp3) is 0.588. The lowest BCUT2D eigenvalue weighted by molar-refractivity contribution is 0.0290. The quantitative estimate of drug-likeness (QED) is 0.801. The van der Waals surface area contributed by atoms with E-state index in [0.717, 1.165) is 45.6 Å². The SMILES string of the molecule is CCOC(=O)c1ccc2c(c1)CCN(C1CCOCC1)C2. The van der Waals surface area contributed by atoms with Crippen molar-refractivity contribution in [1.82, 2.24) is 4.90 Å². The third-order valence-corrected chi connectivity index (χ3v) is 4.47. The van der Waals surface area contributed by atoms with Gasteiger partial charge in [0, 0.05) is 32.3 Å². The van der Waals surface area contributed by atoms with E-state index < -0.39 is 0 Å². The molecule has 0 spiro atoms. The average molecular weight is 289 g/mol. The Bertz CT molecular complexity index is 509. The van der Waals surface area contributed by atoms with E-state index in [9.17, 15) is 4.79 Å². The molecule has 3 rings (SSSR count). The van der Waals surface area contributed by atoms with Crippen molar-refractivity contribution in [1.29, 1.82) is 0 Å². The monoisotopic (exact) mass is 289 g/mol. The standard InChI is InChI=1S/C17H23NO3/c1-2-21-17(19)14-3-4-15-12-18(8-5-13(15)11-14)16-6-9-20-10-7-16/h3-4,11,16H,2,5-10,12H2,1H3. The average Bonchev–Trinajstić information content (AvgIpc) is 2.55. The van der Waals surface area contributed by atoms with Crippen molar-refractivity contribution in [3.8, 4) is 0 Å². The molecule has 2 heterocycles. The summed E-state index contributed by atoms with van der Waals surface area (Å²) < 4.78 is 10.5. The lowest BCUT2D eigenvalue weighted by Gasteiger charge is -2.37. The molecule has 0 aliphatic carbocycles. The van der Waals surface area contributed by atoms with Crippen molar-refractivity contribution in [2.24, 2.45) is 0 Å². The first-order valence-electron chi connectivity index (χ1n) is 7.88. The maximum atomic E-state index is 11.8. The molecule has 0 amide bonds. The molecule has 0 unspecified atom stereocenters. The Morgan fingerprint density at radius 2 is 2.14 bits per heavy atom. The van der Waals surface area contributed by atoms with Crippen LogP contribution in [-0.4, -0.2) is 43.3 Å². The smallest absolute Gasteiger partial charge is 0.338 e. The van der Waals surface area contributed by atoms with Crippen LogP contribution in [0.25, 0.3) is 0 Å². The van der Waals surface area contributed by atoms with Crippen LogP contribution in [0.1, 0.15) is 41.3 Å². The van der Waals surface area contributed by atoms with Gasteiger partial charge in [-0.1, -0.05) is 6.07 Å². The summed E-state index contributed by atoms with van der Waals surface area (Å²) in [6, 6.07) is 6.64. The van der Waals surface area contributed by atoms with E-state index in [-0.39, 0.29) is 5.97 Å². The van der Waals surface area contributed by atoms with Gasteiger partial charge in [-0.25, -0.2) is 4.79 Å². The molecular formula is C17H23NO3. The van der Waals surface area contributed by atoms with Crippen LogP contribution < -0.4 is 0 Å². The van der Waals surface area contributed by atoms with E-state index in [4.69, 9.17) is 9.47 Å². The molecule has 2 aliphatic rings. The number of esters is 1. The summed E-state index contributed by atoms with van der Waals surface area (Å²) in [7, 11) is 0. The second kappa shape index (κ2) is 6.58. The van der Waals surface area contributed by atoms with Gasteiger partial charge in [0.25, 0.3) is 0 Å². The van der Waals surface area contributed by atoms with Crippen molar-refractivity contribution in [3.05, 3.63) is 34.9 Å². The van der Waals surface area contributed by atoms with Gasteiger partial charge in [0.05, 0.1) is 12.2 Å². The van der Waals surface area contributed by atoms with Gasteiger partial charge in [-0.2, -0.15) is 0 Å². The van der Waals surface area contributed by atoms with Gasteiger partial charge >= 0.3 is 5.97 Å². The van der Waals surface area contributed by atoms with Crippen molar-refractivity contribution in [2.45, 2.75) is 38.8 Å². The van der Waals surface area contributed by atoms with Gasteiger partial charge in [-0.05, 0) is 49.4 Å². The molecule has 4 nitrogen and oxygen atoms in total. The predicted molar refractivity (Wildman–Crippen MR) is 80.4 cm³/mol. The molecule has 1 aromatic rings. The summed E-state index contributed by atoms with van der Waals surface area (Å²) >= 11 is 0. The van der Waals surface area contributed by atoms with E-state index >= 15 is 0 Å². The largest absolute Gasteiger partial charge is 0.462 e. The highest BCUT2D eigenvalue weighted by atomic mass is 16.5. The van der Waals surface area contributed by atoms with Crippen molar-refractivity contribution >= 4 is 5.97 Å². The molecule has 0 radical (unpaired) electrons. The van der Waals surface area contributed by atoms with Crippen molar-refractivity contribution in [2.75, 3.05) is 26.4 Å². The Balaban J connectivity index is 1.70. The molecule has 0 atom stereocenters. The maximum Gasteiger partial charge on any atom is 0.338 e. The zero-order valence-electron chi connectivity index (χ0n) is 12.6. The molecule has 0 bridgehead atoms. The number of carbonyl (C=O) groups is 1. The summed E-state index contributed by atoms with van der Waals surface area (Å²) in [6.45, 7) is 6.09. The summed E-state index contributed by atoms with van der Waals surface area (Å²) in [5.41, 5.74) is 3.32. The Morgan fingerprint density at radius 1 is 1.33 bits per heavy atom. The fourth-order valence-electron chi connectivity index (χ4n) is 3.28. The number of nitrogens with zero attached hydrogens (tertiary/aromatic N) is 1. The Kier molecular flexibility index (Phi) is 4.56. The molecular weight excluding hydrogens is 266 g/mol. The highest BCUT2D eigenvalue weighted by molar-refractivity contribution is 5.89. The summed E-state index contributed by atoms with van der Waals surface area (Å²) in [5.74, 6) is -0.216. The minimum Gasteiger partial charge on any atom is -0.462 e. The zero-order chi connectivity index (χ0) is 14.7. The number of rotatable bonds is 3. The highest BCUT2D eigenvalue weighted by Crippen LogP contribution is 2.25. The van der Waals surface area contributed by atoms with Crippen LogP contribution in [0.15, 0.2) is 18.2 Å². The molecule has 0 aromatic heterocycles. The first-order chi connectivity index (χ1) is 10.3. The number of hydrogen-bond acceptors (Lipinski definition) is 4. The number of carbonyl (C=O) groups excluding carboxylic acids is 1. The number of benzene rings is 1. The van der Waals surface area contributed by atoms with Gasteiger partial charge < -0.3 is 9.47 Å². The minimum absolute atomic E-state index is 0.216. The normalized spacial score (nSPS) is 20.0. The first kappa shape index (κ1) is 14.5. The Hall–Kier alpha value is -1.39. The van der Waals surface area contributed by atoms with Crippen LogP contribution in [0.5, 0.6) is 0 Å². The second-order valence-corrected chi connectivity index (χ2v) is 5.77. The molecule has 21 heavy (non-hydrogen) atoms. The van der Waals surface area contributed by atoms with Gasteiger partial charge in [-0.15, -0.1) is 0 Å². The van der Waals surface area contributed by atoms with Crippen LogP contribution >= 0.6 is 0 Å². The number of ether oxygens (including phenoxy) is 2. The topological polar surface area (TPSA) is 38.8 Å². The van der Waals surface area contributed by atoms with Gasteiger partial charge in [0.2, 0.25) is 0 Å². The fourth-order valence-corrected chi connectivity index (χ4v) is 3.28. The lowest BCUT2D eigenvalue weighted by Crippen LogP contribution is -2.42. The molecule has 0 N–H and O–H groups in total. The van der Waals surface area contributed by atoms with Gasteiger partial charge in [-0.3, -0.25) is 4.90 Å². The molecule has 0 saturated carbocycles. The van der Waals surface area contributed by atoms with Crippen LogP contribution in [-0.2, 0) is 22.4 Å². The summed E-state index contributed by atoms with van der Waals surface area (Å²) in [5, 5.41) is 0. The van der Waals surface area contributed by atoms with Gasteiger partial charge in [0.1, 0.15) is 0 Å². The first-order valence-corrected chi connectivity index (χ1v) is 7.88. The highest BCUT2D eigenvalue weighted by Gasteiger charge is 2.25. The molecule has 1 fully saturated rings. The lowest BCUT2D eigenvalue weighted by atomic mass is 9.95. The third kappa shape index (κ3) is 3.27. The Morgan fingerprint density at radius 3 is 2.90 bits per heavy atom. The van der Waals surface area contributed by atoms with Gasteiger partial charge in [0.15, 0.2) is 0 Å². The van der Waals surface area contributed by atoms with E-state index in [1.54, 1.807) is 0 Å². The van der Waals surface area contributed by atoms with Crippen molar-refractivity contribution < 1.29 is 14.3 Å². The zero-order valence-corrected chi connectivity index (χ0v) is 12.6. The molecule has 1 saturated heterocycles. The molecule has 4 heteroatoms. The van der Waals surface area contributed by atoms with Crippen LogP contribution in [0, 0.1) is 0 Å². The van der Waals surface area contributed by atoms with Crippen LogP contribution in [0.2, 0.25) is 0 Å². The minimum atomic E-state index is -0.216. The van der Waals surface area contributed by atoms with Crippen LogP contribution in [0.4, 0.5) is 0 Å².